The average molecular weight is 423 g/mol. The van der Waals surface area contributed by atoms with Crippen LogP contribution in [0.1, 0.15) is 21.5 Å². The molecule has 0 aliphatic rings. The molecular weight excluding hydrogens is 404 g/mol. The lowest BCUT2D eigenvalue weighted by Crippen LogP contribution is -2.36. The maximum absolute atomic E-state index is 12.6. The van der Waals surface area contributed by atoms with Crippen molar-refractivity contribution in [2.45, 2.75) is 13.5 Å². The second-order valence-corrected chi connectivity index (χ2v) is 6.89. The second-order valence-electron chi connectivity index (χ2n) is 5.98. The van der Waals surface area contributed by atoms with E-state index >= 15 is 0 Å². The van der Waals surface area contributed by atoms with E-state index in [0.717, 1.165) is 21.3 Å². The lowest BCUT2D eigenvalue weighted by Gasteiger charge is -2.12. The minimum atomic E-state index is -0.218. The number of aryl methyl sites for hydroxylation is 1. The molecule has 2 aromatic carbocycles. The molecule has 0 saturated carbocycles. The van der Waals surface area contributed by atoms with Gasteiger partial charge in [0, 0.05) is 28.1 Å². The molecule has 0 fully saturated rings. The number of benzene rings is 2. The van der Waals surface area contributed by atoms with E-state index in [1.165, 1.54) is 0 Å². The number of halogens is 1. The van der Waals surface area contributed by atoms with Gasteiger partial charge in [0.05, 0.1) is 6.54 Å². The van der Waals surface area contributed by atoms with Crippen molar-refractivity contribution in [2.24, 2.45) is 4.99 Å². The van der Waals surface area contributed by atoms with Gasteiger partial charge in [0.25, 0.3) is 5.91 Å². The minimum absolute atomic E-state index is 0.218. The van der Waals surface area contributed by atoms with Gasteiger partial charge in [-0.25, -0.2) is 4.99 Å². The number of anilines is 1. The molecule has 0 aliphatic heterocycles. The molecule has 0 unspecified atom stereocenters. The summed E-state index contributed by atoms with van der Waals surface area (Å²) in [4.78, 5) is 21.2. The largest absolute Gasteiger partial charge is 0.326 e. The maximum Gasteiger partial charge on any atom is 0.257 e. The molecule has 1 amide bonds. The van der Waals surface area contributed by atoms with Gasteiger partial charge in [0.2, 0.25) is 5.96 Å². The first-order chi connectivity index (χ1) is 13.1. The first kappa shape index (κ1) is 18.8. The van der Waals surface area contributed by atoms with Crippen LogP contribution < -0.4 is 10.6 Å². The van der Waals surface area contributed by atoms with Crippen molar-refractivity contribution in [1.82, 2.24) is 10.3 Å². The summed E-state index contributed by atoms with van der Waals surface area (Å²) in [6.07, 6.45) is 3.47. The molecule has 136 valence electrons. The van der Waals surface area contributed by atoms with Gasteiger partial charge in [-0.15, -0.1) is 0 Å². The number of hydrogen-bond acceptors (Lipinski definition) is 3. The quantitative estimate of drug-likeness (QED) is 0.478. The second kappa shape index (κ2) is 9.09. The minimum Gasteiger partial charge on any atom is -0.326 e. The normalized spacial score (nSPS) is 11.1. The molecule has 1 heterocycles. The molecule has 5 nitrogen and oxygen atoms in total. The van der Waals surface area contributed by atoms with Gasteiger partial charge in [-0.2, -0.15) is 0 Å². The number of guanidine groups is 1. The zero-order chi connectivity index (χ0) is 19.1. The summed E-state index contributed by atoms with van der Waals surface area (Å²) in [5.74, 6) is 0.163. The summed E-state index contributed by atoms with van der Waals surface area (Å²) < 4.78 is 0.977. The van der Waals surface area contributed by atoms with Gasteiger partial charge in [-0.1, -0.05) is 39.7 Å². The third kappa shape index (κ3) is 5.76. The van der Waals surface area contributed by atoms with E-state index in [-0.39, 0.29) is 5.91 Å². The Balaban J connectivity index is 1.78. The molecule has 0 bridgehead atoms. The van der Waals surface area contributed by atoms with Crippen molar-refractivity contribution < 1.29 is 4.79 Å². The predicted molar refractivity (Wildman–Crippen MR) is 112 cm³/mol. The third-order valence-corrected chi connectivity index (χ3v) is 4.32. The number of nitrogens with one attached hydrogen (secondary N) is 2. The standard InChI is InChI=1S/C21H19BrN4O/c1-15-4-6-17(7-5-15)20(27)26-21(24-14-16-3-2-12-23-13-16)25-19-10-8-18(22)9-11-19/h2-13H,14H2,1H3,(H2,24,25,26,27). The number of rotatable bonds is 4. The molecule has 3 aromatic rings. The maximum atomic E-state index is 12.6. The molecule has 0 radical (unpaired) electrons. The summed E-state index contributed by atoms with van der Waals surface area (Å²) in [7, 11) is 0. The van der Waals surface area contributed by atoms with E-state index in [2.05, 4.69) is 36.5 Å². The van der Waals surface area contributed by atoms with E-state index in [0.29, 0.717) is 18.1 Å². The predicted octanol–water partition coefficient (Wildman–Crippen LogP) is 4.55. The van der Waals surface area contributed by atoms with Crippen molar-refractivity contribution in [2.75, 3.05) is 5.32 Å². The van der Waals surface area contributed by atoms with Gasteiger partial charge in [-0.05, 0) is 55.0 Å². The fourth-order valence-electron chi connectivity index (χ4n) is 2.33. The average Bonchev–Trinajstić information content (AvgIpc) is 2.69. The molecule has 2 N–H and O–H groups in total. The highest BCUT2D eigenvalue weighted by Gasteiger charge is 2.09. The van der Waals surface area contributed by atoms with Gasteiger partial charge in [-0.3, -0.25) is 15.1 Å². The van der Waals surface area contributed by atoms with Crippen molar-refractivity contribution in [3.05, 3.63) is 94.2 Å². The number of hydrogen-bond donors (Lipinski definition) is 2. The summed E-state index contributed by atoms with van der Waals surface area (Å²) >= 11 is 3.41. The first-order valence-electron chi connectivity index (χ1n) is 8.44. The highest BCUT2D eigenvalue weighted by molar-refractivity contribution is 9.10. The van der Waals surface area contributed by atoms with E-state index in [9.17, 15) is 4.79 Å². The van der Waals surface area contributed by atoms with Crippen LogP contribution in [0, 0.1) is 6.92 Å². The molecule has 6 heteroatoms. The Morgan fingerprint density at radius 1 is 1.07 bits per heavy atom. The fraction of sp³-hybridized carbons (Fsp3) is 0.0952. The molecule has 3 rings (SSSR count). The Labute approximate surface area is 166 Å². The number of pyridine rings is 1. The van der Waals surface area contributed by atoms with Crippen molar-refractivity contribution in [3.63, 3.8) is 0 Å². The monoisotopic (exact) mass is 422 g/mol. The number of aliphatic imine (C=N–C) groups is 1. The Hall–Kier alpha value is -2.99. The number of nitrogens with zero attached hydrogens (tertiary/aromatic N) is 2. The van der Waals surface area contributed by atoms with Crippen LogP contribution in [0.15, 0.2) is 82.5 Å². The van der Waals surface area contributed by atoms with Crippen LogP contribution in [0.25, 0.3) is 0 Å². The van der Waals surface area contributed by atoms with Crippen LogP contribution in [-0.4, -0.2) is 16.9 Å². The summed E-state index contributed by atoms with van der Waals surface area (Å²) in [6, 6.07) is 18.8. The van der Waals surface area contributed by atoms with Crippen molar-refractivity contribution in [1.29, 1.82) is 0 Å². The molecule has 0 spiro atoms. The number of carbonyl (C=O) groups is 1. The van der Waals surface area contributed by atoms with Crippen LogP contribution in [0.5, 0.6) is 0 Å². The highest BCUT2D eigenvalue weighted by atomic mass is 79.9. The molecule has 0 aliphatic carbocycles. The van der Waals surface area contributed by atoms with Crippen LogP contribution >= 0.6 is 15.9 Å². The summed E-state index contributed by atoms with van der Waals surface area (Å²) in [6.45, 7) is 2.39. The zero-order valence-electron chi connectivity index (χ0n) is 14.8. The molecular formula is C21H19BrN4O. The van der Waals surface area contributed by atoms with Crippen molar-refractivity contribution in [3.8, 4) is 0 Å². The van der Waals surface area contributed by atoms with Crippen molar-refractivity contribution >= 4 is 33.5 Å². The van der Waals surface area contributed by atoms with E-state index in [1.54, 1.807) is 24.5 Å². The number of amides is 1. The Morgan fingerprint density at radius 2 is 1.81 bits per heavy atom. The van der Waals surface area contributed by atoms with Gasteiger partial charge in [0.15, 0.2) is 0 Å². The Kier molecular flexibility index (Phi) is 6.33. The van der Waals surface area contributed by atoms with E-state index < -0.39 is 0 Å². The van der Waals surface area contributed by atoms with Gasteiger partial charge < -0.3 is 5.32 Å². The van der Waals surface area contributed by atoms with Crippen LogP contribution in [0.4, 0.5) is 5.69 Å². The molecule has 27 heavy (non-hydrogen) atoms. The smallest absolute Gasteiger partial charge is 0.257 e. The van der Waals surface area contributed by atoms with Crippen LogP contribution in [-0.2, 0) is 6.54 Å². The van der Waals surface area contributed by atoms with E-state index in [4.69, 9.17) is 0 Å². The molecule has 1 aromatic heterocycles. The molecule has 0 saturated heterocycles. The summed E-state index contributed by atoms with van der Waals surface area (Å²) in [5.41, 5.74) is 3.46. The van der Waals surface area contributed by atoms with Crippen LogP contribution in [0.2, 0.25) is 0 Å². The third-order valence-electron chi connectivity index (χ3n) is 3.80. The number of aromatic nitrogens is 1. The number of carbonyl (C=O) groups excluding carboxylic acids is 1. The molecule has 0 atom stereocenters. The topological polar surface area (TPSA) is 66.4 Å². The van der Waals surface area contributed by atoms with Gasteiger partial charge in [0.1, 0.15) is 0 Å². The van der Waals surface area contributed by atoms with Crippen LogP contribution in [0.3, 0.4) is 0 Å². The first-order valence-corrected chi connectivity index (χ1v) is 9.23. The zero-order valence-corrected chi connectivity index (χ0v) is 16.4. The lowest BCUT2D eigenvalue weighted by molar-refractivity contribution is 0.0977. The SMILES string of the molecule is Cc1ccc(C(=O)NC(=NCc2cccnc2)Nc2ccc(Br)cc2)cc1. The Bertz CT molecular complexity index is 923. The van der Waals surface area contributed by atoms with E-state index in [1.807, 2.05) is 55.5 Å². The Morgan fingerprint density at radius 3 is 2.48 bits per heavy atom. The summed E-state index contributed by atoms with van der Waals surface area (Å²) in [5, 5.41) is 6.02. The highest BCUT2D eigenvalue weighted by Crippen LogP contribution is 2.14. The van der Waals surface area contributed by atoms with Gasteiger partial charge >= 0.3 is 0 Å². The fourth-order valence-corrected chi connectivity index (χ4v) is 2.59. The lowest BCUT2D eigenvalue weighted by atomic mass is 10.1.